The lowest BCUT2D eigenvalue weighted by atomic mass is 10.1. The summed E-state index contributed by atoms with van der Waals surface area (Å²) in [6, 6.07) is 6.42. The highest BCUT2D eigenvalue weighted by molar-refractivity contribution is 5.60. The van der Waals surface area contributed by atoms with Crippen LogP contribution in [0.4, 0.5) is 5.69 Å². The summed E-state index contributed by atoms with van der Waals surface area (Å²) in [6.45, 7) is 7.20. The number of hydrogen-bond donors (Lipinski definition) is 0. The quantitative estimate of drug-likeness (QED) is 0.727. The minimum Gasteiger partial charge on any atom is -0.494 e. The maximum absolute atomic E-state index is 5.50. The molecule has 0 atom stereocenters. The van der Waals surface area contributed by atoms with Gasteiger partial charge in [-0.3, -0.25) is 0 Å². The lowest BCUT2D eigenvalue weighted by Gasteiger charge is -2.17. The van der Waals surface area contributed by atoms with Gasteiger partial charge in [0.25, 0.3) is 0 Å². The van der Waals surface area contributed by atoms with E-state index in [4.69, 9.17) is 4.74 Å². The number of anilines is 1. The fourth-order valence-corrected chi connectivity index (χ4v) is 2.01. The lowest BCUT2D eigenvalue weighted by Crippen LogP contribution is -2.19. The molecule has 2 nitrogen and oxygen atoms in total. The lowest BCUT2D eigenvalue weighted by molar-refractivity contribution is 0.340. The van der Waals surface area contributed by atoms with Gasteiger partial charge in [-0.1, -0.05) is 6.07 Å². The van der Waals surface area contributed by atoms with Crippen LogP contribution in [0.15, 0.2) is 18.2 Å². The van der Waals surface area contributed by atoms with E-state index in [2.05, 4.69) is 30.0 Å². The highest BCUT2D eigenvalue weighted by Crippen LogP contribution is 2.31. The molecule has 0 amide bonds. The van der Waals surface area contributed by atoms with Crippen LogP contribution in [0, 0.1) is 0 Å². The number of fused-ring (bicyclic) bond motifs is 1. The Kier molecular flexibility index (Phi) is 2.62. The third-order valence-corrected chi connectivity index (χ3v) is 2.74. The van der Waals surface area contributed by atoms with E-state index in [1.54, 1.807) is 0 Å². The molecular formula is C12H17NO. The third-order valence-electron chi connectivity index (χ3n) is 2.74. The Balaban J connectivity index is 2.28. The van der Waals surface area contributed by atoms with E-state index in [1.165, 1.54) is 17.7 Å². The van der Waals surface area contributed by atoms with Gasteiger partial charge in [0, 0.05) is 24.8 Å². The summed E-state index contributed by atoms with van der Waals surface area (Å²) >= 11 is 0. The first-order valence-corrected chi connectivity index (χ1v) is 5.35. The van der Waals surface area contributed by atoms with Crippen molar-refractivity contribution in [1.82, 2.24) is 0 Å². The number of rotatable bonds is 3. The highest BCUT2D eigenvalue weighted by atomic mass is 16.5. The maximum atomic E-state index is 5.50. The second kappa shape index (κ2) is 3.91. The second-order valence-electron chi connectivity index (χ2n) is 3.55. The number of benzene rings is 1. The van der Waals surface area contributed by atoms with Crippen LogP contribution in [0.3, 0.4) is 0 Å². The van der Waals surface area contributed by atoms with Gasteiger partial charge in [0.2, 0.25) is 0 Å². The molecule has 0 radical (unpaired) electrons. The van der Waals surface area contributed by atoms with Crippen molar-refractivity contribution in [3.05, 3.63) is 23.8 Å². The zero-order valence-corrected chi connectivity index (χ0v) is 8.92. The number of hydrogen-bond acceptors (Lipinski definition) is 2. The predicted octanol–water partition coefficient (Wildman–Crippen LogP) is 2.47. The zero-order valence-electron chi connectivity index (χ0n) is 8.92. The van der Waals surface area contributed by atoms with Crippen molar-refractivity contribution in [2.45, 2.75) is 20.3 Å². The molecule has 1 aromatic rings. The minimum atomic E-state index is 0.741. The Morgan fingerprint density at radius 1 is 1.36 bits per heavy atom. The first-order chi connectivity index (χ1) is 6.85. The van der Waals surface area contributed by atoms with Crippen LogP contribution in [-0.2, 0) is 6.42 Å². The van der Waals surface area contributed by atoms with Gasteiger partial charge in [0.05, 0.1) is 6.61 Å². The fourth-order valence-electron chi connectivity index (χ4n) is 2.01. The van der Waals surface area contributed by atoms with Crippen molar-refractivity contribution >= 4 is 5.69 Å². The van der Waals surface area contributed by atoms with E-state index in [9.17, 15) is 0 Å². The topological polar surface area (TPSA) is 12.5 Å². The fraction of sp³-hybridized carbons (Fsp3) is 0.500. The largest absolute Gasteiger partial charge is 0.494 e. The Hall–Kier alpha value is -1.18. The zero-order chi connectivity index (χ0) is 9.97. The van der Waals surface area contributed by atoms with Crippen molar-refractivity contribution in [2.24, 2.45) is 0 Å². The van der Waals surface area contributed by atoms with Crippen molar-refractivity contribution in [2.75, 3.05) is 24.6 Å². The third kappa shape index (κ3) is 1.57. The monoisotopic (exact) mass is 191 g/mol. The highest BCUT2D eigenvalue weighted by Gasteiger charge is 2.17. The minimum absolute atomic E-state index is 0.741. The van der Waals surface area contributed by atoms with Crippen LogP contribution in [0.1, 0.15) is 19.4 Å². The maximum Gasteiger partial charge on any atom is 0.121 e. The molecule has 1 heterocycles. The molecule has 1 aliphatic heterocycles. The van der Waals surface area contributed by atoms with Gasteiger partial charge < -0.3 is 9.64 Å². The molecule has 2 rings (SSSR count). The van der Waals surface area contributed by atoms with Crippen LogP contribution >= 0.6 is 0 Å². The van der Waals surface area contributed by atoms with Crippen molar-refractivity contribution in [3.8, 4) is 5.75 Å². The van der Waals surface area contributed by atoms with E-state index in [0.29, 0.717) is 0 Å². The number of nitrogens with zero attached hydrogens (tertiary/aromatic N) is 1. The molecule has 0 saturated heterocycles. The van der Waals surface area contributed by atoms with E-state index < -0.39 is 0 Å². The summed E-state index contributed by atoms with van der Waals surface area (Å²) in [5.41, 5.74) is 2.81. The first-order valence-electron chi connectivity index (χ1n) is 5.35. The van der Waals surface area contributed by atoms with E-state index in [-0.39, 0.29) is 0 Å². The van der Waals surface area contributed by atoms with Gasteiger partial charge in [-0.2, -0.15) is 0 Å². The summed E-state index contributed by atoms with van der Waals surface area (Å²) < 4.78 is 5.50. The molecule has 0 bridgehead atoms. The van der Waals surface area contributed by atoms with Gasteiger partial charge in [0.15, 0.2) is 0 Å². The van der Waals surface area contributed by atoms with Gasteiger partial charge in [-0.05, 0) is 31.9 Å². The van der Waals surface area contributed by atoms with E-state index >= 15 is 0 Å². The molecule has 1 aromatic carbocycles. The molecule has 0 fully saturated rings. The van der Waals surface area contributed by atoms with E-state index in [0.717, 1.165) is 25.4 Å². The summed E-state index contributed by atoms with van der Waals surface area (Å²) in [5.74, 6) is 0.992. The smallest absolute Gasteiger partial charge is 0.121 e. The van der Waals surface area contributed by atoms with Gasteiger partial charge in [-0.15, -0.1) is 0 Å². The molecule has 76 valence electrons. The van der Waals surface area contributed by atoms with Gasteiger partial charge in [0.1, 0.15) is 5.75 Å². The Morgan fingerprint density at radius 2 is 2.21 bits per heavy atom. The molecule has 0 unspecified atom stereocenters. The molecule has 2 heteroatoms. The standard InChI is InChI=1S/C12H17NO/c1-3-13-8-7-10-5-6-11(14-4-2)9-12(10)13/h5-6,9H,3-4,7-8H2,1-2H3. The summed E-state index contributed by atoms with van der Waals surface area (Å²) in [4.78, 5) is 2.40. The molecule has 0 aliphatic carbocycles. The normalized spacial score (nSPS) is 14.3. The molecule has 1 aliphatic rings. The van der Waals surface area contributed by atoms with Crippen molar-refractivity contribution < 1.29 is 4.74 Å². The second-order valence-corrected chi connectivity index (χ2v) is 3.55. The SMILES string of the molecule is CCOc1ccc2c(c1)N(CC)CC2. The van der Waals surface area contributed by atoms with Crippen LogP contribution in [-0.4, -0.2) is 19.7 Å². The average molecular weight is 191 g/mol. The number of likely N-dealkylation sites (N-methyl/N-ethyl adjacent to an activating group) is 1. The van der Waals surface area contributed by atoms with Crippen LogP contribution < -0.4 is 9.64 Å². The van der Waals surface area contributed by atoms with Crippen LogP contribution in [0.2, 0.25) is 0 Å². The van der Waals surface area contributed by atoms with E-state index in [1.807, 2.05) is 6.92 Å². The van der Waals surface area contributed by atoms with Crippen molar-refractivity contribution in [1.29, 1.82) is 0 Å². The summed E-state index contributed by atoms with van der Waals surface area (Å²) in [7, 11) is 0. The predicted molar refractivity (Wildman–Crippen MR) is 59.2 cm³/mol. The van der Waals surface area contributed by atoms with Crippen LogP contribution in [0.5, 0.6) is 5.75 Å². The van der Waals surface area contributed by atoms with Gasteiger partial charge >= 0.3 is 0 Å². The first kappa shape index (κ1) is 9.38. The Bertz CT molecular complexity index is 322. The summed E-state index contributed by atoms with van der Waals surface area (Å²) in [5, 5.41) is 0. The molecule has 0 aromatic heterocycles. The molecule has 14 heavy (non-hydrogen) atoms. The Morgan fingerprint density at radius 3 is 2.93 bits per heavy atom. The van der Waals surface area contributed by atoms with Gasteiger partial charge in [-0.25, -0.2) is 0 Å². The number of ether oxygens (including phenoxy) is 1. The molecule has 0 N–H and O–H groups in total. The average Bonchev–Trinajstić information content (AvgIpc) is 2.60. The molecule has 0 spiro atoms. The summed E-state index contributed by atoms with van der Waals surface area (Å²) in [6.07, 6.45) is 1.18. The Labute approximate surface area is 85.5 Å². The molecule has 0 saturated carbocycles. The van der Waals surface area contributed by atoms with Crippen molar-refractivity contribution in [3.63, 3.8) is 0 Å². The molecular weight excluding hydrogens is 174 g/mol. The van der Waals surface area contributed by atoms with Crippen LogP contribution in [0.25, 0.3) is 0 Å².